The average molecular weight is 558 g/mol. The predicted molar refractivity (Wildman–Crippen MR) is 138 cm³/mol. The molecule has 13 heteroatoms. The molecule has 0 spiro atoms. The molecular formula is C25H18ClF2N5O4S. The number of aromatic nitrogens is 3. The Bertz CT molecular complexity index is 1770. The summed E-state index contributed by atoms with van der Waals surface area (Å²) in [5.41, 5.74) is 1.76. The fourth-order valence-electron chi connectivity index (χ4n) is 3.86. The Morgan fingerprint density at radius 3 is 2.68 bits per heavy atom. The smallest absolute Gasteiger partial charge is 0.253 e. The summed E-state index contributed by atoms with van der Waals surface area (Å²) >= 11 is 6.34. The Hall–Kier alpha value is -4.29. The summed E-state index contributed by atoms with van der Waals surface area (Å²) < 4.78 is 58.3. The van der Waals surface area contributed by atoms with Gasteiger partial charge in [0.05, 0.1) is 29.6 Å². The van der Waals surface area contributed by atoms with Crippen LogP contribution in [0, 0.1) is 11.6 Å². The number of rotatable bonds is 7. The van der Waals surface area contributed by atoms with Gasteiger partial charge in [-0.1, -0.05) is 11.6 Å². The number of nitrogens with one attached hydrogen (secondary N) is 2. The van der Waals surface area contributed by atoms with E-state index < -0.39 is 27.4 Å². The van der Waals surface area contributed by atoms with Gasteiger partial charge in [-0.05, 0) is 42.0 Å². The minimum absolute atomic E-state index is 0.00665. The SMILES string of the molecule is COc1ccc(-c2cnc3c(Nc4ccc(C(=O)NCC5=CS(=O)(=O)C=C5)c(Cl)c4)nccn23)c(F)c1F. The van der Waals surface area contributed by atoms with Gasteiger partial charge >= 0.3 is 0 Å². The zero-order valence-corrected chi connectivity index (χ0v) is 21.1. The summed E-state index contributed by atoms with van der Waals surface area (Å²) in [6.45, 7) is 0.0255. The first-order valence-corrected chi connectivity index (χ1v) is 13.0. The Labute approximate surface area is 220 Å². The highest BCUT2D eigenvalue weighted by Gasteiger charge is 2.20. The first kappa shape index (κ1) is 25.4. The van der Waals surface area contributed by atoms with E-state index in [1.165, 1.54) is 49.8 Å². The van der Waals surface area contributed by atoms with Crippen LogP contribution in [0.15, 0.2) is 71.4 Å². The topological polar surface area (TPSA) is 115 Å². The van der Waals surface area contributed by atoms with Crippen molar-refractivity contribution in [1.82, 2.24) is 19.7 Å². The molecule has 0 saturated heterocycles. The zero-order chi connectivity index (χ0) is 27.0. The van der Waals surface area contributed by atoms with Crippen LogP contribution in [-0.4, -0.2) is 42.3 Å². The van der Waals surface area contributed by atoms with Crippen LogP contribution >= 0.6 is 11.6 Å². The first-order chi connectivity index (χ1) is 18.2. The quantitative estimate of drug-likeness (QED) is 0.340. The minimum atomic E-state index is -3.37. The number of anilines is 2. The van der Waals surface area contributed by atoms with Crippen LogP contribution in [0.3, 0.4) is 0 Å². The van der Waals surface area contributed by atoms with Gasteiger partial charge in [0.2, 0.25) is 5.82 Å². The third kappa shape index (κ3) is 4.83. The molecule has 2 aromatic heterocycles. The molecule has 4 aromatic rings. The normalized spacial score (nSPS) is 13.9. The Kier molecular flexibility index (Phi) is 6.59. The van der Waals surface area contributed by atoms with Gasteiger partial charge in [-0.3, -0.25) is 9.20 Å². The number of carbonyl (C=O) groups is 1. The molecule has 3 heterocycles. The summed E-state index contributed by atoms with van der Waals surface area (Å²) in [5, 5.41) is 7.98. The van der Waals surface area contributed by atoms with E-state index >= 15 is 0 Å². The number of hydrogen-bond donors (Lipinski definition) is 2. The summed E-state index contributed by atoms with van der Waals surface area (Å²) in [7, 11) is -2.12. The van der Waals surface area contributed by atoms with Crippen molar-refractivity contribution in [2.75, 3.05) is 19.0 Å². The summed E-state index contributed by atoms with van der Waals surface area (Å²) in [4.78, 5) is 21.1. The largest absolute Gasteiger partial charge is 0.494 e. The van der Waals surface area contributed by atoms with Gasteiger partial charge in [-0.15, -0.1) is 0 Å². The van der Waals surface area contributed by atoms with Crippen LogP contribution in [-0.2, 0) is 9.84 Å². The van der Waals surface area contributed by atoms with E-state index in [1.807, 2.05) is 0 Å². The molecule has 38 heavy (non-hydrogen) atoms. The maximum absolute atomic E-state index is 14.7. The van der Waals surface area contributed by atoms with E-state index in [4.69, 9.17) is 16.3 Å². The number of imidazole rings is 1. The maximum Gasteiger partial charge on any atom is 0.253 e. The third-order valence-electron chi connectivity index (χ3n) is 5.69. The van der Waals surface area contributed by atoms with Gasteiger partial charge in [0.25, 0.3) is 5.91 Å². The Balaban J connectivity index is 1.37. The molecule has 0 bridgehead atoms. The lowest BCUT2D eigenvalue weighted by Gasteiger charge is -2.11. The molecule has 1 aliphatic heterocycles. The van der Waals surface area contributed by atoms with Crippen molar-refractivity contribution < 1.29 is 26.7 Å². The van der Waals surface area contributed by atoms with Crippen molar-refractivity contribution in [3.63, 3.8) is 0 Å². The van der Waals surface area contributed by atoms with E-state index in [2.05, 4.69) is 20.6 Å². The highest BCUT2D eigenvalue weighted by atomic mass is 35.5. The van der Waals surface area contributed by atoms with Crippen molar-refractivity contribution in [3.8, 4) is 17.0 Å². The van der Waals surface area contributed by atoms with Crippen LogP contribution in [0.4, 0.5) is 20.3 Å². The van der Waals surface area contributed by atoms with Crippen molar-refractivity contribution in [2.24, 2.45) is 0 Å². The number of nitrogens with zero attached hydrogens (tertiary/aromatic N) is 3. The lowest BCUT2D eigenvalue weighted by molar-refractivity contribution is 0.0957. The lowest BCUT2D eigenvalue weighted by atomic mass is 10.1. The summed E-state index contributed by atoms with van der Waals surface area (Å²) in [5.74, 6) is -2.55. The van der Waals surface area contributed by atoms with Crippen LogP contribution in [0.25, 0.3) is 16.9 Å². The monoisotopic (exact) mass is 557 g/mol. The Morgan fingerprint density at radius 1 is 1.16 bits per heavy atom. The van der Waals surface area contributed by atoms with Crippen molar-refractivity contribution in [3.05, 3.63) is 93.6 Å². The molecule has 9 nitrogen and oxygen atoms in total. The maximum atomic E-state index is 14.7. The zero-order valence-electron chi connectivity index (χ0n) is 19.6. The fraction of sp³-hybridized carbons (Fsp3) is 0.0800. The van der Waals surface area contributed by atoms with Gasteiger partial charge in [0, 0.05) is 41.0 Å². The molecule has 1 amide bonds. The lowest BCUT2D eigenvalue weighted by Crippen LogP contribution is -2.25. The molecule has 2 aromatic carbocycles. The highest BCUT2D eigenvalue weighted by Crippen LogP contribution is 2.32. The highest BCUT2D eigenvalue weighted by molar-refractivity contribution is 7.97. The number of fused-ring (bicyclic) bond motifs is 1. The molecule has 0 unspecified atom stereocenters. The van der Waals surface area contributed by atoms with Crippen molar-refractivity contribution in [1.29, 1.82) is 0 Å². The number of methoxy groups -OCH3 is 1. The van der Waals surface area contributed by atoms with Crippen molar-refractivity contribution >= 4 is 44.5 Å². The number of hydrogen-bond acceptors (Lipinski definition) is 7. The van der Waals surface area contributed by atoms with Gasteiger partial charge in [-0.25, -0.2) is 22.8 Å². The molecule has 5 rings (SSSR count). The molecule has 1 aliphatic rings. The number of ether oxygens (including phenoxy) is 1. The number of halogens is 3. The van der Waals surface area contributed by atoms with E-state index in [9.17, 15) is 22.0 Å². The minimum Gasteiger partial charge on any atom is -0.494 e. The van der Waals surface area contributed by atoms with Crippen LogP contribution in [0.1, 0.15) is 10.4 Å². The molecule has 0 aliphatic carbocycles. The second kappa shape index (κ2) is 9.88. The van der Waals surface area contributed by atoms with E-state index in [1.54, 1.807) is 16.7 Å². The predicted octanol–water partition coefficient (Wildman–Crippen LogP) is 4.64. The van der Waals surface area contributed by atoms with Crippen molar-refractivity contribution in [2.45, 2.75) is 0 Å². The summed E-state index contributed by atoms with van der Waals surface area (Å²) in [6.07, 6.45) is 5.84. The van der Waals surface area contributed by atoms with E-state index in [0.29, 0.717) is 28.4 Å². The first-order valence-electron chi connectivity index (χ1n) is 11.0. The second-order valence-corrected chi connectivity index (χ2v) is 10.2. The average Bonchev–Trinajstić information content (AvgIpc) is 3.47. The van der Waals surface area contributed by atoms with Gasteiger partial charge < -0.3 is 15.4 Å². The van der Waals surface area contributed by atoms with Gasteiger partial charge in [-0.2, -0.15) is 4.39 Å². The molecule has 194 valence electrons. The standard InChI is InChI=1S/C25H18ClF2N5O4S/c1-37-20-5-4-17(21(27)22(20)28)19-12-30-24-23(29-7-8-33(19)24)32-15-2-3-16(18(26)10-15)25(34)31-11-14-6-9-38(35,36)13-14/h2-10,12-13H,11H2,1H3,(H,29,32)(H,31,34). The molecule has 0 fully saturated rings. The second-order valence-electron chi connectivity index (χ2n) is 8.14. The van der Waals surface area contributed by atoms with Crippen LogP contribution < -0.4 is 15.4 Å². The van der Waals surface area contributed by atoms with Crippen LogP contribution in [0.5, 0.6) is 5.75 Å². The number of benzene rings is 2. The third-order valence-corrected chi connectivity index (χ3v) is 7.15. The van der Waals surface area contributed by atoms with Crippen LogP contribution in [0.2, 0.25) is 5.02 Å². The molecule has 0 saturated carbocycles. The van der Waals surface area contributed by atoms with E-state index in [0.717, 1.165) is 10.8 Å². The number of carbonyl (C=O) groups excluding carboxylic acids is 1. The molecule has 2 N–H and O–H groups in total. The molecular weight excluding hydrogens is 540 g/mol. The molecule has 0 radical (unpaired) electrons. The Morgan fingerprint density at radius 2 is 1.97 bits per heavy atom. The number of sulfone groups is 1. The van der Waals surface area contributed by atoms with Gasteiger partial charge in [0.1, 0.15) is 0 Å². The molecule has 0 atom stereocenters. The summed E-state index contributed by atoms with van der Waals surface area (Å²) in [6, 6.07) is 7.35. The fourth-order valence-corrected chi connectivity index (χ4v) is 5.15. The van der Waals surface area contributed by atoms with E-state index in [-0.39, 0.29) is 28.4 Å². The number of amides is 1. The van der Waals surface area contributed by atoms with Gasteiger partial charge in [0.15, 0.2) is 32.9 Å².